The Morgan fingerprint density at radius 2 is 2.08 bits per heavy atom. The highest BCUT2D eigenvalue weighted by atomic mass is 19.1. The second kappa shape index (κ2) is 7.23. The number of rotatable bonds is 6. The normalized spacial score (nSPS) is 12.5. The van der Waals surface area contributed by atoms with E-state index in [-0.39, 0.29) is 17.7 Å². The van der Waals surface area contributed by atoms with E-state index in [2.05, 4.69) is 10.1 Å². The molecule has 1 atom stereocenters. The molecule has 0 saturated carbocycles. The topological polar surface area (TPSA) is 57.0 Å². The van der Waals surface area contributed by atoms with Gasteiger partial charge in [-0.3, -0.25) is 4.68 Å². The summed E-state index contributed by atoms with van der Waals surface area (Å²) >= 11 is 0. The van der Waals surface area contributed by atoms with Gasteiger partial charge in [-0.25, -0.2) is 9.37 Å². The van der Waals surface area contributed by atoms with E-state index in [4.69, 9.17) is 4.74 Å². The van der Waals surface area contributed by atoms with Gasteiger partial charge in [0.15, 0.2) is 0 Å². The predicted molar refractivity (Wildman–Crippen MR) is 98.8 cm³/mol. The van der Waals surface area contributed by atoms with E-state index in [0.717, 1.165) is 17.4 Å². The van der Waals surface area contributed by atoms with Crippen molar-refractivity contribution in [3.05, 3.63) is 41.8 Å². The van der Waals surface area contributed by atoms with E-state index < -0.39 is 0 Å². The van der Waals surface area contributed by atoms with Crippen molar-refractivity contribution >= 4 is 17.2 Å². The van der Waals surface area contributed by atoms with Gasteiger partial charge in [0, 0.05) is 23.6 Å². The summed E-state index contributed by atoms with van der Waals surface area (Å²) < 4.78 is 21.6. The highest BCUT2D eigenvalue weighted by molar-refractivity contribution is 5.84. The van der Waals surface area contributed by atoms with E-state index in [1.807, 2.05) is 32.9 Å². The Morgan fingerprint density at radius 3 is 2.69 bits per heavy atom. The Labute approximate surface area is 151 Å². The molecule has 0 N–H and O–H groups in total. The number of ether oxygens (including phenoxy) is 1. The third-order valence-corrected chi connectivity index (χ3v) is 4.61. The lowest BCUT2D eigenvalue weighted by Crippen LogP contribution is -2.10. The van der Waals surface area contributed by atoms with Gasteiger partial charge in [0.1, 0.15) is 12.1 Å². The third kappa shape index (κ3) is 3.07. The van der Waals surface area contributed by atoms with E-state index in [1.165, 1.54) is 19.4 Å². The summed E-state index contributed by atoms with van der Waals surface area (Å²) in [7, 11) is 1.52. The standard InChI is InChI=1S/C20H22FN3O2/c1-5-24-19-9-13(8-17(21)15(19)10-22-24)18-7-6-14(20(23-18)26-4)16(11-25)12(2)3/h6-12,16H,5H2,1-4H3. The highest BCUT2D eigenvalue weighted by Gasteiger charge is 2.21. The molecule has 136 valence electrons. The molecule has 1 unspecified atom stereocenters. The molecule has 5 nitrogen and oxygen atoms in total. The van der Waals surface area contributed by atoms with Gasteiger partial charge in [-0.1, -0.05) is 19.9 Å². The van der Waals surface area contributed by atoms with Crippen molar-refractivity contribution in [3.63, 3.8) is 0 Å². The molecule has 0 saturated heterocycles. The minimum atomic E-state index is -0.338. The molecule has 2 aromatic heterocycles. The largest absolute Gasteiger partial charge is 0.481 e. The first-order chi connectivity index (χ1) is 12.5. The number of nitrogens with zero attached hydrogens (tertiary/aromatic N) is 3. The SMILES string of the molecule is CCn1ncc2c(F)cc(-c3ccc(C(C=O)C(C)C)c(OC)n3)cc21. The summed E-state index contributed by atoms with van der Waals surface area (Å²) in [6.45, 7) is 6.55. The van der Waals surface area contributed by atoms with Gasteiger partial charge in [-0.2, -0.15) is 5.10 Å². The first-order valence-corrected chi connectivity index (χ1v) is 8.65. The number of hydrogen-bond acceptors (Lipinski definition) is 4. The van der Waals surface area contributed by atoms with Gasteiger partial charge in [-0.05, 0) is 31.0 Å². The molecule has 2 heterocycles. The molecule has 0 amide bonds. The van der Waals surface area contributed by atoms with Crippen molar-refractivity contribution in [1.82, 2.24) is 14.8 Å². The predicted octanol–water partition coefficient (Wildman–Crippen LogP) is 4.20. The second-order valence-electron chi connectivity index (χ2n) is 6.55. The summed E-state index contributed by atoms with van der Waals surface area (Å²) in [4.78, 5) is 16.0. The number of aldehydes is 1. The number of benzene rings is 1. The Morgan fingerprint density at radius 1 is 1.31 bits per heavy atom. The maximum atomic E-state index is 14.5. The van der Waals surface area contributed by atoms with Crippen molar-refractivity contribution in [3.8, 4) is 17.1 Å². The van der Waals surface area contributed by atoms with Crippen molar-refractivity contribution in [1.29, 1.82) is 0 Å². The fourth-order valence-electron chi connectivity index (χ4n) is 3.15. The number of aryl methyl sites for hydroxylation is 1. The second-order valence-corrected chi connectivity index (χ2v) is 6.55. The molecule has 0 fully saturated rings. The first-order valence-electron chi connectivity index (χ1n) is 8.65. The molecule has 0 bridgehead atoms. The molecule has 0 spiro atoms. The van der Waals surface area contributed by atoms with Crippen LogP contribution in [-0.2, 0) is 11.3 Å². The van der Waals surface area contributed by atoms with Gasteiger partial charge >= 0.3 is 0 Å². The average molecular weight is 355 g/mol. The van der Waals surface area contributed by atoms with Crippen LogP contribution in [-0.4, -0.2) is 28.2 Å². The van der Waals surface area contributed by atoms with E-state index in [9.17, 15) is 9.18 Å². The van der Waals surface area contributed by atoms with Crippen LogP contribution in [0.15, 0.2) is 30.5 Å². The van der Waals surface area contributed by atoms with Crippen LogP contribution in [0.25, 0.3) is 22.2 Å². The van der Waals surface area contributed by atoms with Crippen LogP contribution in [0.2, 0.25) is 0 Å². The zero-order valence-corrected chi connectivity index (χ0v) is 15.4. The van der Waals surface area contributed by atoms with Crippen LogP contribution in [0, 0.1) is 11.7 Å². The molecule has 3 aromatic rings. The number of fused-ring (bicyclic) bond motifs is 1. The molecule has 0 aliphatic rings. The number of aromatic nitrogens is 3. The minimum absolute atomic E-state index is 0.127. The zero-order chi connectivity index (χ0) is 18.8. The van der Waals surface area contributed by atoms with Gasteiger partial charge < -0.3 is 9.53 Å². The van der Waals surface area contributed by atoms with Crippen LogP contribution < -0.4 is 4.74 Å². The van der Waals surface area contributed by atoms with Gasteiger partial charge in [-0.15, -0.1) is 0 Å². The molecule has 6 heteroatoms. The van der Waals surface area contributed by atoms with Gasteiger partial charge in [0.25, 0.3) is 0 Å². The summed E-state index contributed by atoms with van der Waals surface area (Å²) in [5.41, 5.74) is 2.69. The van der Waals surface area contributed by atoms with E-state index in [1.54, 1.807) is 10.7 Å². The summed E-state index contributed by atoms with van der Waals surface area (Å²) in [6, 6.07) is 6.95. The number of hydrogen-bond donors (Lipinski definition) is 0. The van der Waals surface area contributed by atoms with Gasteiger partial charge in [0.05, 0.1) is 29.9 Å². The summed E-state index contributed by atoms with van der Waals surface area (Å²) in [6.07, 6.45) is 2.45. The number of halogens is 1. The maximum absolute atomic E-state index is 14.5. The Bertz CT molecular complexity index is 950. The van der Waals surface area contributed by atoms with Crippen molar-refractivity contribution in [2.24, 2.45) is 5.92 Å². The van der Waals surface area contributed by atoms with Crippen LogP contribution in [0.1, 0.15) is 32.3 Å². The van der Waals surface area contributed by atoms with Crippen LogP contribution in [0.3, 0.4) is 0 Å². The smallest absolute Gasteiger partial charge is 0.217 e. The Balaban J connectivity index is 2.12. The first kappa shape index (κ1) is 18.0. The molecule has 0 aliphatic heterocycles. The number of methoxy groups -OCH3 is 1. The molecule has 26 heavy (non-hydrogen) atoms. The molecule has 0 aliphatic carbocycles. The number of carbonyl (C=O) groups excluding carboxylic acids is 1. The third-order valence-electron chi connectivity index (χ3n) is 4.61. The average Bonchev–Trinajstić information content (AvgIpc) is 3.05. The fraction of sp³-hybridized carbons (Fsp3) is 0.350. The monoisotopic (exact) mass is 355 g/mol. The zero-order valence-electron chi connectivity index (χ0n) is 15.4. The quantitative estimate of drug-likeness (QED) is 0.622. The molecule has 3 rings (SSSR count). The van der Waals surface area contributed by atoms with E-state index in [0.29, 0.717) is 29.1 Å². The lowest BCUT2D eigenvalue weighted by molar-refractivity contribution is -0.109. The molecular formula is C20H22FN3O2. The van der Waals surface area contributed by atoms with Crippen LogP contribution in [0.4, 0.5) is 4.39 Å². The summed E-state index contributed by atoms with van der Waals surface area (Å²) in [5, 5.41) is 4.69. The number of pyridine rings is 1. The molecule has 1 aromatic carbocycles. The van der Waals surface area contributed by atoms with Crippen LogP contribution >= 0.6 is 0 Å². The maximum Gasteiger partial charge on any atom is 0.217 e. The van der Waals surface area contributed by atoms with Crippen molar-refractivity contribution in [2.75, 3.05) is 7.11 Å². The minimum Gasteiger partial charge on any atom is -0.481 e. The Kier molecular flexibility index (Phi) is 5.02. The lowest BCUT2D eigenvalue weighted by Gasteiger charge is -2.18. The Hall–Kier alpha value is -2.76. The molecular weight excluding hydrogens is 333 g/mol. The van der Waals surface area contributed by atoms with Crippen molar-refractivity contribution < 1.29 is 13.9 Å². The van der Waals surface area contributed by atoms with E-state index >= 15 is 0 Å². The lowest BCUT2D eigenvalue weighted by atomic mass is 9.90. The molecule has 0 radical (unpaired) electrons. The van der Waals surface area contributed by atoms with Crippen molar-refractivity contribution in [2.45, 2.75) is 33.2 Å². The summed E-state index contributed by atoms with van der Waals surface area (Å²) in [5.74, 6) is -0.123. The van der Waals surface area contributed by atoms with Gasteiger partial charge in [0.2, 0.25) is 5.88 Å². The highest BCUT2D eigenvalue weighted by Crippen LogP contribution is 2.33. The number of carbonyl (C=O) groups is 1. The fourth-order valence-corrected chi connectivity index (χ4v) is 3.15. The van der Waals surface area contributed by atoms with Crippen LogP contribution in [0.5, 0.6) is 5.88 Å².